The lowest BCUT2D eigenvalue weighted by Gasteiger charge is -2.29. The lowest BCUT2D eigenvalue weighted by atomic mass is 10.1. The summed E-state index contributed by atoms with van der Waals surface area (Å²) in [4.78, 5) is 12.9. The van der Waals surface area contributed by atoms with Gasteiger partial charge >= 0.3 is 6.09 Å². The number of hydrogen-bond donors (Lipinski definition) is 2. The van der Waals surface area contributed by atoms with Gasteiger partial charge in [-0.2, -0.15) is 0 Å². The first-order valence-electron chi connectivity index (χ1n) is 8.72. The van der Waals surface area contributed by atoms with E-state index in [0.717, 1.165) is 24.2 Å². The molecule has 146 valence electrons. The molecule has 2 rings (SSSR count). The number of halogens is 1. The van der Waals surface area contributed by atoms with E-state index in [1.54, 1.807) is 6.07 Å². The van der Waals surface area contributed by atoms with Gasteiger partial charge in [-0.05, 0) is 57.9 Å². The molecule has 1 fully saturated rings. The van der Waals surface area contributed by atoms with Crippen molar-refractivity contribution in [3.63, 3.8) is 0 Å². The van der Waals surface area contributed by atoms with Crippen molar-refractivity contribution in [3.05, 3.63) is 29.6 Å². The minimum absolute atomic E-state index is 0.187. The third-order valence-corrected chi connectivity index (χ3v) is 6.06. The van der Waals surface area contributed by atoms with Crippen LogP contribution in [0.15, 0.2) is 18.2 Å². The van der Waals surface area contributed by atoms with E-state index in [1.165, 1.54) is 12.1 Å². The molecule has 0 bridgehead atoms. The quantitative estimate of drug-likeness (QED) is 0.735. The molecule has 1 aliphatic rings. The van der Waals surface area contributed by atoms with Crippen molar-refractivity contribution in [2.24, 2.45) is 11.7 Å². The van der Waals surface area contributed by atoms with E-state index < -0.39 is 22.2 Å². The highest BCUT2D eigenvalue weighted by Gasteiger charge is 2.31. The Bertz CT molecular complexity index is 639. The Kier molecular flexibility index (Phi) is 6.76. The number of nitrogens with one attached hydrogen (secondary N) is 1. The van der Waals surface area contributed by atoms with Crippen LogP contribution in [0.1, 0.15) is 45.7 Å². The molecule has 1 saturated heterocycles. The van der Waals surface area contributed by atoms with E-state index in [-0.39, 0.29) is 24.4 Å². The zero-order chi connectivity index (χ0) is 19.5. The highest BCUT2D eigenvalue weighted by molar-refractivity contribution is 7.90. The van der Waals surface area contributed by atoms with Gasteiger partial charge in [-0.1, -0.05) is 0 Å². The van der Waals surface area contributed by atoms with Crippen molar-refractivity contribution < 1.29 is 18.5 Å². The smallest absolute Gasteiger partial charge is 0.404 e. The minimum atomic E-state index is -1.26. The van der Waals surface area contributed by atoms with Gasteiger partial charge < -0.3 is 19.9 Å². The number of ether oxygens (including phenoxy) is 1. The number of anilines is 1. The van der Waals surface area contributed by atoms with Gasteiger partial charge in [0.25, 0.3) is 0 Å². The summed E-state index contributed by atoms with van der Waals surface area (Å²) in [5, 5.41) is 0. The summed E-state index contributed by atoms with van der Waals surface area (Å²) in [5.41, 5.74) is 6.69. The number of nitrogens with zero attached hydrogens (tertiary/aromatic N) is 1. The van der Waals surface area contributed by atoms with Crippen LogP contribution in [0.5, 0.6) is 0 Å². The maximum Gasteiger partial charge on any atom is 0.404 e. The Labute approximate surface area is 157 Å². The number of primary amides is 1. The predicted molar refractivity (Wildman–Crippen MR) is 102 cm³/mol. The molecule has 0 spiro atoms. The fraction of sp³-hybridized carbons (Fsp3) is 0.611. The maximum absolute atomic E-state index is 13.9. The summed E-state index contributed by atoms with van der Waals surface area (Å²) < 4.78 is 33.8. The van der Waals surface area contributed by atoms with Gasteiger partial charge in [0, 0.05) is 36.1 Å². The number of carbonyl (C=O) groups excluding carboxylic acids is 1. The molecule has 0 saturated carbocycles. The van der Waals surface area contributed by atoms with Crippen molar-refractivity contribution in [1.29, 1.82) is 0 Å². The van der Waals surface area contributed by atoms with E-state index in [1.807, 2.05) is 27.7 Å². The second kappa shape index (κ2) is 8.45. The van der Waals surface area contributed by atoms with Crippen molar-refractivity contribution in [1.82, 2.24) is 4.72 Å². The Balaban J connectivity index is 2.14. The largest absolute Gasteiger partial charge is 0.598 e. The molecule has 0 aliphatic carbocycles. The molecule has 0 radical (unpaired) electrons. The second-order valence-electron chi connectivity index (χ2n) is 7.65. The van der Waals surface area contributed by atoms with Crippen LogP contribution in [0.25, 0.3) is 0 Å². The summed E-state index contributed by atoms with van der Waals surface area (Å²) >= 11 is -1.26. The third-order valence-electron chi connectivity index (χ3n) is 4.38. The van der Waals surface area contributed by atoms with E-state index in [2.05, 4.69) is 9.62 Å². The second-order valence-corrected chi connectivity index (χ2v) is 9.65. The van der Waals surface area contributed by atoms with Crippen LogP contribution in [0, 0.1) is 11.7 Å². The number of nitrogens with two attached hydrogens (primary N) is 1. The van der Waals surface area contributed by atoms with Crippen LogP contribution in [0.4, 0.5) is 14.9 Å². The van der Waals surface area contributed by atoms with Gasteiger partial charge in [0.15, 0.2) is 0 Å². The van der Waals surface area contributed by atoms with Gasteiger partial charge in [-0.25, -0.2) is 9.18 Å². The van der Waals surface area contributed by atoms with Crippen LogP contribution in [0.2, 0.25) is 0 Å². The van der Waals surface area contributed by atoms with Crippen molar-refractivity contribution in [3.8, 4) is 0 Å². The summed E-state index contributed by atoms with van der Waals surface area (Å²) in [6.45, 7) is 9.30. The van der Waals surface area contributed by atoms with E-state index in [4.69, 9.17) is 10.5 Å². The molecule has 0 aromatic heterocycles. The molecule has 1 aromatic carbocycles. The standard InChI is InChI=1S/C18H28FN3O3S/c1-12(21-26(24)18(2,3)4)15-9-14(19)5-6-16(15)22-8-7-13(10-22)11-25-17(20)23/h5-6,9,12-13,21H,7-8,10-11H2,1-4H3,(H2,20,23)/t12-,13+,26?/m1/s1. The van der Waals surface area contributed by atoms with E-state index >= 15 is 0 Å². The summed E-state index contributed by atoms with van der Waals surface area (Å²) in [5.74, 6) is -0.140. The van der Waals surface area contributed by atoms with Gasteiger partial charge in [0.2, 0.25) is 0 Å². The van der Waals surface area contributed by atoms with Gasteiger partial charge in [-0.15, -0.1) is 4.72 Å². The molecule has 6 nitrogen and oxygen atoms in total. The molecule has 26 heavy (non-hydrogen) atoms. The Morgan fingerprint density at radius 2 is 2.23 bits per heavy atom. The summed E-state index contributed by atoms with van der Waals surface area (Å²) in [6, 6.07) is 4.39. The Hall–Kier alpha value is -1.51. The van der Waals surface area contributed by atoms with Gasteiger partial charge in [0.1, 0.15) is 10.6 Å². The normalized spacial score (nSPS) is 20.1. The third kappa shape index (κ3) is 5.49. The van der Waals surface area contributed by atoms with Gasteiger partial charge in [-0.3, -0.25) is 0 Å². The number of hydrogen-bond acceptors (Lipinski definition) is 5. The predicted octanol–water partition coefficient (Wildman–Crippen LogP) is 2.86. The fourth-order valence-electron chi connectivity index (χ4n) is 2.95. The van der Waals surface area contributed by atoms with Crippen LogP contribution in [0.3, 0.4) is 0 Å². The average molecular weight is 386 g/mol. The number of benzene rings is 1. The Morgan fingerprint density at radius 1 is 1.54 bits per heavy atom. The number of carbonyl (C=O) groups is 1. The molecule has 1 aliphatic heterocycles. The zero-order valence-corrected chi connectivity index (χ0v) is 16.6. The van der Waals surface area contributed by atoms with Crippen LogP contribution >= 0.6 is 0 Å². The lowest BCUT2D eigenvalue weighted by molar-refractivity contribution is 0.140. The van der Waals surface area contributed by atoms with Crippen molar-refractivity contribution >= 4 is 23.1 Å². The number of rotatable bonds is 6. The fourth-order valence-corrected chi connectivity index (χ4v) is 3.75. The van der Waals surface area contributed by atoms with Crippen LogP contribution < -0.4 is 15.4 Å². The molecule has 1 unspecified atom stereocenters. The molecule has 8 heteroatoms. The highest BCUT2D eigenvalue weighted by Crippen LogP contribution is 2.32. The first kappa shape index (κ1) is 20.8. The molecule has 3 atom stereocenters. The summed E-state index contributed by atoms with van der Waals surface area (Å²) in [6.07, 6.45) is 0.0909. The monoisotopic (exact) mass is 385 g/mol. The zero-order valence-electron chi connectivity index (χ0n) is 15.8. The molecule has 1 aromatic rings. The first-order chi connectivity index (χ1) is 12.1. The molecule has 1 amide bonds. The van der Waals surface area contributed by atoms with Crippen molar-refractivity contribution in [2.45, 2.75) is 44.9 Å². The Morgan fingerprint density at radius 3 is 2.85 bits per heavy atom. The van der Waals surface area contributed by atoms with Crippen LogP contribution in [-0.4, -0.2) is 35.1 Å². The topological polar surface area (TPSA) is 90.7 Å². The number of amides is 1. The average Bonchev–Trinajstić information content (AvgIpc) is 3.00. The molecule has 1 heterocycles. The first-order valence-corrected chi connectivity index (χ1v) is 9.87. The van der Waals surface area contributed by atoms with E-state index in [9.17, 15) is 13.7 Å². The van der Waals surface area contributed by atoms with Gasteiger partial charge in [0.05, 0.1) is 12.6 Å². The summed E-state index contributed by atoms with van der Waals surface area (Å²) in [7, 11) is 0. The molecular formula is C18H28FN3O3S. The van der Waals surface area contributed by atoms with E-state index in [0.29, 0.717) is 6.54 Å². The van der Waals surface area contributed by atoms with Crippen molar-refractivity contribution in [2.75, 3.05) is 24.6 Å². The SMILES string of the molecule is C[C@@H](N[S+]([O-])C(C)(C)C)c1cc(F)ccc1N1CC[C@H](COC(N)=O)C1. The lowest BCUT2D eigenvalue weighted by Crippen LogP contribution is -2.41. The highest BCUT2D eigenvalue weighted by atomic mass is 32.2. The molecule has 3 N–H and O–H groups in total. The molecular weight excluding hydrogens is 357 g/mol. The minimum Gasteiger partial charge on any atom is -0.598 e. The maximum atomic E-state index is 13.9. The van der Waals surface area contributed by atoms with Crippen LogP contribution in [-0.2, 0) is 16.1 Å².